The van der Waals surface area contributed by atoms with Crippen LogP contribution in [0, 0.1) is 6.92 Å². The summed E-state index contributed by atoms with van der Waals surface area (Å²) in [6.07, 6.45) is 1.60. The molecule has 42 heavy (non-hydrogen) atoms. The van der Waals surface area contributed by atoms with Gasteiger partial charge in [0.05, 0.1) is 28.7 Å². The molecular formula is C34H31Cl2N3O3. The van der Waals surface area contributed by atoms with Gasteiger partial charge in [-0.05, 0) is 96.6 Å². The lowest BCUT2D eigenvalue weighted by Crippen LogP contribution is -2.20. The van der Waals surface area contributed by atoms with E-state index in [2.05, 4.69) is 25.0 Å². The SMILES string of the molecule is CCOc1cc(C)c(-c2nc3ccccc3c(=O)n2N=Cc2ccc(OCc3ccc(Cl)cc3)c(Cl)c2)cc1C(C)C. The van der Waals surface area contributed by atoms with Crippen molar-refractivity contribution in [3.8, 4) is 22.9 Å². The van der Waals surface area contributed by atoms with Gasteiger partial charge in [-0.15, -0.1) is 0 Å². The molecule has 214 valence electrons. The summed E-state index contributed by atoms with van der Waals surface area (Å²) in [5, 5.41) is 6.20. The highest BCUT2D eigenvalue weighted by molar-refractivity contribution is 6.32. The number of para-hydroxylation sites is 1. The third kappa shape index (κ3) is 6.35. The number of hydrogen-bond acceptors (Lipinski definition) is 5. The molecule has 0 aliphatic carbocycles. The lowest BCUT2D eigenvalue weighted by atomic mass is 9.96. The van der Waals surface area contributed by atoms with Crippen molar-refractivity contribution in [1.29, 1.82) is 0 Å². The summed E-state index contributed by atoms with van der Waals surface area (Å²) in [6, 6.07) is 24.2. The van der Waals surface area contributed by atoms with Crippen molar-refractivity contribution in [1.82, 2.24) is 9.66 Å². The van der Waals surface area contributed by atoms with Crippen molar-refractivity contribution < 1.29 is 9.47 Å². The van der Waals surface area contributed by atoms with Crippen LogP contribution in [0.25, 0.3) is 22.3 Å². The first-order valence-electron chi connectivity index (χ1n) is 13.8. The number of nitrogens with zero attached hydrogens (tertiary/aromatic N) is 3. The first-order chi connectivity index (χ1) is 20.2. The third-order valence-electron chi connectivity index (χ3n) is 6.86. The van der Waals surface area contributed by atoms with E-state index in [0.717, 1.165) is 28.0 Å². The van der Waals surface area contributed by atoms with E-state index < -0.39 is 0 Å². The van der Waals surface area contributed by atoms with Crippen LogP contribution >= 0.6 is 23.2 Å². The second-order valence-corrected chi connectivity index (χ2v) is 11.1. The summed E-state index contributed by atoms with van der Waals surface area (Å²) in [6.45, 7) is 9.10. The lowest BCUT2D eigenvalue weighted by molar-refractivity contribution is 0.306. The van der Waals surface area contributed by atoms with Gasteiger partial charge in [-0.3, -0.25) is 4.79 Å². The number of fused-ring (bicyclic) bond motifs is 1. The van der Waals surface area contributed by atoms with Gasteiger partial charge in [0.2, 0.25) is 0 Å². The fourth-order valence-electron chi connectivity index (χ4n) is 4.66. The van der Waals surface area contributed by atoms with E-state index in [1.807, 2.05) is 68.4 Å². The van der Waals surface area contributed by atoms with E-state index in [1.54, 1.807) is 24.4 Å². The molecular weight excluding hydrogens is 569 g/mol. The minimum Gasteiger partial charge on any atom is -0.494 e. The van der Waals surface area contributed by atoms with Gasteiger partial charge in [0, 0.05) is 10.6 Å². The Bertz CT molecular complexity index is 1830. The van der Waals surface area contributed by atoms with E-state index in [1.165, 1.54) is 4.68 Å². The fraction of sp³-hybridized carbons (Fsp3) is 0.206. The summed E-state index contributed by atoms with van der Waals surface area (Å²) in [5.74, 6) is 2.03. The van der Waals surface area contributed by atoms with Crippen LogP contribution in [0.1, 0.15) is 48.9 Å². The second-order valence-electron chi connectivity index (χ2n) is 10.2. The average Bonchev–Trinajstić information content (AvgIpc) is 2.97. The minimum atomic E-state index is -0.264. The molecule has 0 atom stereocenters. The maximum Gasteiger partial charge on any atom is 0.282 e. The zero-order chi connectivity index (χ0) is 29.8. The number of halogens is 2. The first kappa shape index (κ1) is 29.4. The van der Waals surface area contributed by atoms with Crippen molar-refractivity contribution in [2.45, 2.75) is 40.2 Å². The molecule has 0 aliphatic rings. The van der Waals surface area contributed by atoms with Crippen LogP contribution in [0.4, 0.5) is 0 Å². The Morgan fingerprint density at radius 3 is 2.43 bits per heavy atom. The molecule has 0 saturated carbocycles. The molecule has 8 heteroatoms. The van der Waals surface area contributed by atoms with Crippen molar-refractivity contribution in [3.05, 3.63) is 122 Å². The molecule has 0 fully saturated rings. The predicted octanol–water partition coefficient (Wildman–Crippen LogP) is 8.66. The van der Waals surface area contributed by atoms with Crippen LogP contribution in [0.5, 0.6) is 11.5 Å². The largest absolute Gasteiger partial charge is 0.494 e. The number of aromatic nitrogens is 2. The summed E-state index contributed by atoms with van der Waals surface area (Å²) in [7, 11) is 0. The number of ether oxygens (including phenoxy) is 2. The van der Waals surface area contributed by atoms with Gasteiger partial charge in [0.15, 0.2) is 5.82 Å². The van der Waals surface area contributed by atoms with Crippen molar-refractivity contribution in [3.63, 3.8) is 0 Å². The summed E-state index contributed by atoms with van der Waals surface area (Å²) in [4.78, 5) is 18.6. The monoisotopic (exact) mass is 599 g/mol. The molecule has 0 bridgehead atoms. The van der Waals surface area contributed by atoms with E-state index in [0.29, 0.717) is 51.3 Å². The zero-order valence-electron chi connectivity index (χ0n) is 23.9. The topological polar surface area (TPSA) is 65.7 Å². The minimum absolute atomic E-state index is 0.206. The summed E-state index contributed by atoms with van der Waals surface area (Å²) in [5.41, 5.74) is 4.80. The quantitative estimate of drug-likeness (QED) is 0.159. The van der Waals surface area contributed by atoms with Crippen LogP contribution in [-0.4, -0.2) is 22.5 Å². The number of hydrogen-bond donors (Lipinski definition) is 0. The normalized spacial score (nSPS) is 11.5. The van der Waals surface area contributed by atoms with Gasteiger partial charge >= 0.3 is 0 Å². The molecule has 4 aromatic carbocycles. The molecule has 0 saturated heterocycles. The van der Waals surface area contributed by atoms with Gasteiger partial charge in [-0.1, -0.05) is 61.3 Å². The molecule has 0 N–H and O–H groups in total. The Hall–Kier alpha value is -4.13. The highest BCUT2D eigenvalue weighted by Gasteiger charge is 2.18. The van der Waals surface area contributed by atoms with E-state index in [4.69, 9.17) is 37.7 Å². The van der Waals surface area contributed by atoms with Crippen LogP contribution < -0.4 is 15.0 Å². The molecule has 0 amide bonds. The molecule has 0 spiro atoms. The highest BCUT2D eigenvalue weighted by atomic mass is 35.5. The van der Waals surface area contributed by atoms with Crippen LogP contribution in [-0.2, 0) is 6.61 Å². The van der Waals surface area contributed by atoms with Gasteiger partial charge in [-0.25, -0.2) is 4.98 Å². The van der Waals surface area contributed by atoms with Gasteiger partial charge < -0.3 is 9.47 Å². The number of rotatable bonds is 9. The molecule has 0 unspecified atom stereocenters. The Morgan fingerprint density at radius 1 is 0.952 bits per heavy atom. The van der Waals surface area contributed by atoms with Crippen LogP contribution in [0.15, 0.2) is 88.8 Å². The Morgan fingerprint density at radius 2 is 1.71 bits per heavy atom. The molecule has 5 rings (SSSR count). The summed E-state index contributed by atoms with van der Waals surface area (Å²) < 4.78 is 13.2. The number of aryl methyl sites for hydroxylation is 1. The Kier molecular flexibility index (Phi) is 8.95. The van der Waals surface area contributed by atoms with Crippen molar-refractivity contribution in [2.75, 3.05) is 6.61 Å². The maximum atomic E-state index is 13.7. The smallest absolute Gasteiger partial charge is 0.282 e. The fourth-order valence-corrected chi connectivity index (χ4v) is 5.03. The van der Waals surface area contributed by atoms with Gasteiger partial charge in [0.25, 0.3) is 5.56 Å². The molecule has 1 aromatic heterocycles. The first-order valence-corrected chi connectivity index (χ1v) is 14.5. The lowest BCUT2D eigenvalue weighted by Gasteiger charge is -2.18. The zero-order valence-corrected chi connectivity index (χ0v) is 25.4. The average molecular weight is 601 g/mol. The van der Waals surface area contributed by atoms with Crippen molar-refractivity contribution in [2.24, 2.45) is 5.10 Å². The molecule has 5 aromatic rings. The van der Waals surface area contributed by atoms with Crippen molar-refractivity contribution >= 4 is 40.3 Å². The number of benzene rings is 4. The molecule has 0 radical (unpaired) electrons. The predicted molar refractivity (Wildman–Crippen MR) is 172 cm³/mol. The Labute approximate surface area is 255 Å². The molecule has 6 nitrogen and oxygen atoms in total. The van der Waals surface area contributed by atoms with Gasteiger partial charge in [-0.2, -0.15) is 9.78 Å². The molecule has 0 aliphatic heterocycles. The summed E-state index contributed by atoms with van der Waals surface area (Å²) >= 11 is 12.5. The van der Waals surface area contributed by atoms with Crippen LogP contribution in [0.2, 0.25) is 10.0 Å². The maximum absolute atomic E-state index is 13.7. The second kappa shape index (κ2) is 12.8. The van der Waals surface area contributed by atoms with E-state index in [-0.39, 0.29) is 11.5 Å². The van der Waals surface area contributed by atoms with Crippen LogP contribution in [0.3, 0.4) is 0 Å². The Balaban J connectivity index is 1.53. The van der Waals surface area contributed by atoms with Gasteiger partial charge in [0.1, 0.15) is 18.1 Å². The molecule has 1 heterocycles. The van der Waals surface area contributed by atoms with E-state index >= 15 is 0 Å². The standard InChI is InChI=1S/C34H31Cl2N3O3/c1-5-41-32-16-22(4)28(18-27(32)21(2)3)33-38-30-9-7-6-8-26(30)34(40)39(33)37-19-24-12-15-31(29(36)17-24)42-20-23-10-13-25(35)14-11-23/h6-19,21H,5,20H2,1-4H3. The highest BCUT2D eigenvalue weighted by Crippen LogP contribution is 2.34. The third-order valence-corrected chi connectivity index (χ3v) is 7.41. The van der Waals surface area contributed by atoms with E-state index in [9.17, 15) is 4.79 Å².